The van der Waals surface area contributed by atoms with Crippen LogP contribution in [0.1, 0.15) is 17.8 Å². The summed E-state index contributed by atoms with van der Waals surface area (Å²) in [5, 5.41) is 8.07. The molecule has 4 nitrogen and oxygen atoms in total. The lowest BCUT2D eigenvalue weighted by molar-refractivity contribution is -0.136. The fourth-order valence-corrected chi connectivity index (χ4v) is 1.18. The van der Waals surface area contributed by atoms with Crippen LogP contribution in [0, 0.1) is 0 Å². The van der Waals surface area contributed by atoms with Gasteiger partial charge in [-0.1, -0.05) is 11.6 Å². The van der Waals surface area contributed by atoms with Gasteiger partial charge in [-0.05, 0) is 0 Å². The summed E-state index contributed by atoms with van der Waals surface area (Å²) in [7, 11) is 0. The van der Waals surface area contributed by atoms with Crippen LogP contribution in [-0.2, 0) is 11.2 Å². The number of H-pyrrole nitrogens is 1. The van der Waals surface area contributed by atoms with Crippen LogP contribution in [0.4, 0.5) is 8.78 Å². The minimum Gasteiger partial charge on any atom is -0.481 e. The van der Waals surface area contributed by atoms with Crippen molar-refractivity contribution in [1.29, 1.82) is 0 Å². The molecular weight excluding hydrogens is 232 g/mol. The molecule has 1 aromatic rings. The third-order valence-corrected chi connectivity index (χ3v) is 2.04. The molecule has 0 aromatic carbocycles. The van der Waals surface area contributed by atoms with Gasteiger partial charge >= 0.3 is 5.97 Å². The average molecular weight is 238 g/mol. The number of alkyl halides is 2. The van der Waals surface area contributed by atoms with Gasteiger partial charge in [-0.25, -0.2) is 8.78 Å². The number of hydrogen-bond acceptors (Lipinski definition) is 2. The highest BCUT2D eigenvalue weighted by atomic mass is 35.5. The van der Waals surface area contributed by atoms with Gasteiger partial charge in [0, 0.05) is 11.8 Å². The number of carboxylic acid groups (broad SMARTS) is 1. The Labute approximate surface area is 87.5 Å². The highest BCUT2D eigenvalue weighted by Gasteiger charge is 2.15. The van der Waals surface area contributed by atoms with Crippen molar-refractivity contribution < 1.29 is 18.7 Å². The van der Waals surface area contributed by atoms with Crippen molar-refractivity contribution in [2.24, 2.45) is 0 Å². The van der Waals surface area contributed by atoms with E-state index in [0.29, 0.717) is 6.07 Å². The van der Waals surface area contributed by atoms with E-state index in [-0.39, 0.29) is 10.7 Å². The molecule has 7 heteroatoms. The number of aromatic amines is 1. The van der Waals surface area contributed by atoms with Crippen molar-refractivity contribution >= 4 is 17.6 Å². The average Bonchev–Trinajstić information content (AvgIpc) is 2.11. The van der Waals surface area contributed by atoms with Gasteiger partial charge < -0.3 is 10.1 Å². The Morgan fingerprint density at radius 1 is 1.60 bits per heavy atom. The fraction of sp³-hybridized carbons (Fsp3) is 0.250. The Balaban J connectivity index is 3.25. The number of aromatic nitrogens is 1. The number of rotatable bonds is 3. The molecule has 1 rings (SSSR count). The maximum Gasteiger partial charge on any atom is 0.309 e. The highest BCUT2D eigenvalue weighted by molar-refractivity contribution is 6.31. The van der Waals surface area contributed by atoms with Crippen LogP contribution in [0.2, 0.25) is 5.02 Å². The van der Waals surface area contributed by atoms with E-state index < -0.39 is 29.9 Å². The first-order valence-electron chi connectivity index (χ1n) is 3.83. The zero-order valence-corrected chi connectivity index (χ0v) is 8.02. The molecule has 1 aromatic heterocycles. The second-order valence-corrected chi connectivity index (χ2v) is 3.13. The molecule has 0 aliphatic heterocycles. The van der Waals surface area contributed by atoms with E-state index in [1.807, 2.05) is 0 Å². The van der Waals surface area contributed by atoms with Gasteiger partial charge in [-0.15, -0.1) is 0 Å². The monoisotopic (exact) mass is 237 g/mol. The van der Waals surface area contributed by atoms with Crippen LogP contribution in [-0.4, -0.2) is 16.1 Å². The lowest BCUT2D eigenvalue weighted by Crippen LogP contribution is -2.13. The van der Waals surface area contributed by atoms with E-state index in [4.69, 9.17) is 16.7 Å². The minimum absolute atomic E-state index is 0.216. The lowest BCUT2D eigenvalue weighted by atomic mass is 10.2. The number of aliphatic carboxylic acids is 1. The van der Waals surface area contributed by atoms with E-state index in [1.165, 1.54) is 0 Å². The maximum atomic E-state index is 12.2. The van der Waals surface area contributed by atoms with Crippen LogP contribution in [0.25, 0.3) is 0 Å². The van der Waals surface area contributed by atoms with E-state index in [9.17, 15) is 18.4 Å². The molecule has 0 amide bonds. The predicted molar refractivity (Wildman–Crippen MR) is 48.4 cm³/mol. The van der Waals surface area contributed by atoms with E-state index in [2.05, 4.69) is 4.98 Å². The van der Waals surface area contributed by atoms with Crippen molar-refractivity contribution in [2.45, 2.75) is 12.8 Å². The Morgan fingerprint density at radius 2 is 2.20 bits per heavy atom. The van der Waals surface area contributed by atoms with Crippen LogP contribution in [0.3, 0.4) is 0 Å². The number of nitrogens with one attached hydrogen (secondary N) is 1. The second kappa shape index (κ2) is 4.39. The number of carbonyl (C=O) groups is 1. The number of carboxylic acids is 1. The SMILES string of the molecule is O=C(O)Cc1[nH]c(C(F)F)cc(=O)c1Cl. The number of halogens is 3. The first-order chi connectivity index (χ1) is 6.91. The smallest absolute Gasteiger partial charge is 0.309 e. The molecule has 0 aliphatic rings. The third kappa shape index (κ3) is 2.76. The van der Waals surface area contributed by atoms with Crippen molar-refractivity contribution in [3.8, 4) is 0 Å². The van der Waals surface area contributed by atoms with Crippen molar-refractivity contribution in [3.63, 3.8) is 0 Å². The van der Waals surface area contributed by atoms with Crippen molar-refractivity contribution in [3.05, 3.63) is 32.7 Å². The minimum atomic E-state index is -2.87. The van der Waals surface area contributed by atoms with Gasteiger partial charge in [0.25, 0.3) is 6.43 Å². The Morgan fingerprint density at radius 3 is 2.67 bits per heavy atom. The van der Waals surface area contributed by atoms with Crippen LogP contribution in [0.5, 0.6) is 0 Å². The van der Waals surface area contributed by atoms with E-state index in [0.717, 1.165) is 0 Å². The van der Waals surface area contributed by atoms with Gasteiger partial charge in [0.1, 0.15) is 5.02 Å². The quantitative estimate of drug-likeness (QED) is 0.839. The zero-order valence-electron chi connectivity index (χ0n) is 7.26. The highest BCUT2D eigenvalue weighted by Crippen LogP contribution is 2.18. The molecule has 0 atom stereocenters. The summed E-state index contributed by atoms with van der Waals surface area (Å²) in [4.78, 5) is 23.5. The summed E-state index contributed by atoms with van der Waals surface area (Å²) in [5.74, 6) is -1.26. The molecule has 0 spiro atoms. The zero-order chi connectivity index (χ0) is 11.6. The second-order valence-electron chi connectivity index (χ2n) is 2.75. The molecule has 0 fully saturated rings. The molecule has 0 unspecified atom stereocenters. The standard InChI is InChI=1S/C8H6ClF2NO3/c9-7-3(2-6(14)15)12-4(8(10)11)1-5(7)13/h1,8H,2H2,(H,12,13)(H,14,15). The molecule has 0 saturated carbocycles. The summed E-state index contributed by atoms with van der Waals surface area (Å²) in [6, 6.07) is 0.651. The first-order valence-corrected chi connectivity index (χ1v) is 4.21. The van der Waals surface area contributed by atoms with Gasteiger partial charge in [-0.2, -0.15) is 0 Å². The molecule has 0 saturated heterocycles. The normalized spacial score (nSPS) is 10.7. The van der Waals surface area contributed by atoms with Gasteiger partial charge in [-0.3, -0.25) is 9.59 Å². The fourth-order valence-electron chi connectivity index (χ4n) is 1.01. The van der Waals surface area contributed by atoms with E-state index in [1.54, 1.807) is 0 Å². The third-order valence-electron chi connectivity index (χ3n) is 1.63. The first kappa shape index (κ1) is 11.6. The number of pyridine rings is 1. The summed E-state index contributed by atoms with van der Waals surface area (Å²) in [6.07, 6.45) is -3.48. The van der Waals surface area contributed by atoms with Crippen molar-refractivity contribution in [2.75, 3.05) is 0 Å². The summed E-state index contributed by atoms with van der Waals surface area (Å²) < 4.78 is 24.5. The van der Waals surface area contributed by atoms with Crippen LogP contribution in [0.15, 0.2) is 10.9 Å². The van der Waals surface area contributed by atoms with Crippen LogP contribution >= 0.6 is 11.6 Å². The van der Waals surface area contributed by atoms with Gasteiger partial charge in [0.15, 0.2) is 0 Å². The maximum absolute atomic E-state index is 12.2. The van der Waals surface area contributed by atoms with E-state index >= 15 is 0 Å². The summed E-state index contributed by atoms with van der Waals surface area (Å²) in [6.45, 7) is 0. The molecule has 0 aliphatic carbocycles. The Hall–Kier alpha value is -1.43. The van der Waals surface area contributed by atoms with Crippen LogP contribution < -0.4 is 5.43 Å². The molecule has 15 heavy (non-hydrogen) atoms. The van der Waals surface area contributed by atoms with Gasteiger partial charge in [0.05, 0.1) is 12.1 Å². The summed E-state index contributed by atoms with van der Waals surface area (Å²) in [5.41, 5.74) is -1.67. The Kier molecular flexibility index (Phi) is 3.41. The Bertz CT molecular complexity index is 444. The van der Waals surface area contributed by atoms with Gasteiger partial charge in [0.2, 0.25) is 5.43 Å². The summed E-state index contributed by atoms with van der Waals surface area (Å²) >= 11 is 5.46. The lowest BCUT2D eigenvalue weighted by Gasteiger charge is -2.05. The van der Waals surface area contributed by atoms with Crippen molar-refractivity contribution in [1.82, 2.24) is 4.98 Å². The molecule has 0 bridgehead atoms. The topological polar surface area (TPSA) is 70.2 Å². The molecule has 1 heterocycles. The molecule has 0 radical (unpaired) electrons. The predicted octanol–water partition coefficient (Wildman–Crippen LogP) is 1.59. The molecular formula is C8H6ClF2NO3. The largest absolute Gasteiger partial charge is 0.481 e. The number of hydrogen-bond donors (Lipinski definition) is 2. The molecule has 82 valence electrons. The molecule has 2 N–H and O–H groups in total.